The van der Waals surface area contributed by atoms with Crippen molar-refractivity contribution in [3.05, 3.63) is 12.2 Å². The van der Waals surface area contributed by atoms with Gasteiger partial charge in [0, 0.05) is 13.0 Å². The number of nitrogens with one attached hydrogen (secondary N) is 1. The third kappa shape index (κ3) is 5.07. The smallest absolute Gasteiger partial charge is 0.219 e. The average Bonchev–Trinajstić information content (AvgIpc) is 1.89. The molecule has 0 aromatic carbocycles. The fourth-order valence-corrected chi connectivity index (χ4v) is 0.416. The molecule has 0 aromatic heterocycles. The molecular formula is C7H13NO. The van der Waals surface area contributed by atoms with E-state index in [1.165, 1.54) is 0 Å². The lowest BCUT2D eigenvalue weighted by Gasteiger charge is -1.95. The third-order valence-corrected chi connectivity index (χ3v) is 0.974. The zero-order valence-corrected chi connectivity index (χ0v) is 5.98. The average molecular weight is 127 g/mol. The Labute approximate surface area is 56.0 Å². The van der Waals surface area contributed by atoms with E-state index in [0.29, 0.717) is 13.0 Å². The molecule has 0 aliphatic carbocycles. The summed E-state index contributed by atoms with van der Waals surface area (Å²) >= 11 is 0. The van der Waals surface area contributed by atoms with Crippen molar-refractivity contribution >= 4 is 5.91 Å². The van der Waals surface area contributed by atoms with E-state index in [0.717, 1.165) is 0 Å². The molecule has 0 atom stereocenters. The molecule has 0 unspecified atom stereocenters. The van der Waals surface area contributed by atoms with Crippen LogP contribution in [0.25, 0.3) is 0 Å². The number of allylic oxidation sites excluding steroid dienone is 1. The van der Waals surface area contributed by atoms with Crippen LogP contribution in [0.15, 0.2) is 12.2 Å². The lowest BCUT2D eigenvalue weighted by atomic mass is 10.4. The second-order valence-corrected chi connectivity index (χ2v) is 1.73. The van der Waals surface area contributed by atoms with E-state index >= 15 is 0 Å². The minimum Gasteiger partial charge on any atom is -0.353 e. The zero-order chi connectivity index (χ0) is 7.11. The summed E-state index contributed by atoms with van der Waals surface area (Å²) in [7, 11) is 0. The molecule has 0 saturated heterocycles. The molecule has 0 rings (SSSR count). The van der Waals surface area contributed by atoms with E-state index < -0.39 is 0 Å². The van der Waals surface area contributed by atoms with Crippen molar-refractivity contribution in [1.82, 2.24) is 5.32 Å². The number of hydrogen-bond donors (Lipinski definition) is 1. The van der Waals surface area contributed by atoms with Gasteiger partial charge in [-0.15, -0.1) is 0 Å². The van der Waals surface area contributed by atoms with E-state index in [1.807, 2.05) is 26.0 Å². The monoisotopic (exact) mass is 127 g/mol. The Balaban J connectivity index is 3.17. The predicted molar refractivity (Wildman–Crippen MR) is 38.1 cm³/mol. The lowest BCUT2D eigenvalue weighted by Crippen LogP contribution is -2.21. The molecule has 0 aromatic rings. The van der Waals surface area contributed by atoms with Gasteiger partial charge in [0.05, 0.1) is 0 Å². The Hall–Kier alpha value is -0.790. The summed E-state index contributed by atoms with van der Waals surface area (Å²) in [6.45, 7) is 4.42. The van der Waals surface area contributed by atoms with Gasteiger partial charge in [0.25, 0.3) is 0 Å². The van der Waals surface area contributed by atoms with Gasteiger partial charge < -0.3 is 5.32 Å². The first-order chi connectivity index (χ1) is 4.31. The molecule has 0 aliphatic rings. The van der Waals surface area contributed by atoms with Crippen LogP contribution in [0.1, 0.15) is 20.3 Å². The quantitative estimate of drug-likeness (QED) is 0.565. The maximum absolute atomic E-state index is 10.5. The highest BCUT2D eigenvalue weighted by atomic mass is 16.1. The van der Waals surface area contributed by atoms with Crippen LogP contribution in [0.2, 0.25) is 0 Å². The Morgan fingerprint density at radius 3 is 2.78 bits per heavy atom. The summed E-state index contributed by atoms with van der Waals surface area (Å²) in [6, 6.07) is 0. The van der Waals surface area contributed by atoms with Crippen LogP contribution in [-0.4, -0.2) is 12.5 Å². The fraction of sp³-hybridized carbons (Fsp3) is 0.571. The molecule has 1 amide bonds. The highest BCUT2D eigenvalue weighted by molar-refractivity contribution is 5.75. The van der Waals surface area contributed by atoms with Gasteiger partial charge in [-0.1, -0.05) is 19.1 Å². The van der Waals surface area contributed by atoms with Crippen molar-refractivity contribution < 1.29 is 4.79 Å². The van der Waals surface area contributed by atoms with E-state index in [1.54, 1.807) is 0 Å². The Kier molecular flexibility index (Phi) is 4.88. The molecule has 2 heteroatoms. The first-order valence-corrected chi connectivity index (χ1v) is 3.19. The van der Waals surface area contributed by atoms with Crippen LogP contribution in [0.5, 0.6) is 0 Å². The summed E-state index contributed by atoms with van der Waals surface area (Å²) in [4.78, 5) is 10.5. The molecule has 0 bridgehead atoms. The van der Waals surface area contributed by atoms with Gasteiger partial charge in [-0.3, -0.25) is 4.79 Å². The molecule has 9 heavy (non-hydrogen) atoms. The zero-order valence-electron chi connectivity index (χ0n) is 5.98. The SMILES string of the molecule is C/C=C/CNC(=O)CC. The van der Waals surface area contributed by atoms with Crippen LogP contribution >= 0.6 is 0 Å². The number of carbonyl (C=O) groups excluding carboxylic acids is 1. The van der Waals surface area contributed by atoms with Gasteiger partial charge in [-0.2, -0.15) is 0 Å². The van der Waals surface area contributed by atoms with Crippen LogP contribution in [0, 0.1) is 0 Å². The van der Waals surface area contributed by atoms with Crippen LogP contribution in [-0.2, 0) is 4.79 Å². The number of rotatable bonds is 3. The summed E-state index contributed by atoms with van der Waals surface area (Å²) in [5, 5.41) is 2.71. The molecular weight excluding hydrogens is 114 g/mol. The highest BCUT2D eigenvalue weighted by Gasteiger charge is 1.89. The van der Waals surface area contributed by atoms with Crippen molar-refractivity contribution in [3.63, 3.8) is 0 Å². The Bertz CT molecular complexity index is 107. The van der Waals surface area contributed by atoms with E-state index in [2.05, 4.69) is 5.32 Å². The van der Waals surface area contributed by atoms with Crippen molar-refractivity contribution in [2.24, 2.45) is 0 Å². The molecule has 0 fully saturated rings. The normalized spacial score (nSPS) is 10.0. The van der Waals surface area contributed by atoms with Crippen LogP contribution in [0.4, 0.5) is 0 Å². The van der Waals surface area contributed by atoms with E-state index in [9.17, 15) is 4.79 Å². The summed E-state index contributed by atoms with van der Waals surface area (Å²) in [5.41, 5.74) is 0. The molecule has 0 spiro atoms. The van der Waals surface area contributed by atoms with Crippen LogP contribution in [0.3, 0.4) is 0 Å². The number of carbonyl (C=O) groups is 1. The summed E-state index contributed by atoms with van der Waals surface area (Å²) in [5.74, 6) is 0.105. The topological polar surface area (TPSA) is 29.1 Å². The van der Waals surface area contributed by atoms with Gasteiger partial charge in [-0.25, -0.2) is 0 Å². The van der Waals surface area contributed by atoms with Crippen molar-refractivity contribution in [1.29, 1.82) is 0 Å². The number of amides is 1. The number of hydrogen-bond acceptors (Lipinski definition) is 1. The molecule has 52 valence electrons. The third-order valence-electron chi connectivity index (χ3n) is 0.974. The molecule has 0 saturated carbocycles. The second-order valence-electron chi connectivity index (χ2n) is 1.73. The predicted octanol–water partition coefficient (Wildman–Crippen LogP) is 1.09. The van der Waals surface area contributed by atoms with Gasteiger partial charge in [-0.05, 0) is 6.92 Å². The maximum Gasteiger partial charge on any atom is 0.219 e. The van der Waals surface area contributed by atoms with E-state index in [4.69, 9.17) is 0 Å². The maximum atomic E-state index is 10.5. The Morgan fingerprint density at radius 2 is 2.33 bits per heavy atom. The van der Waals surface area contributed by atoms with Gasteiger partial charge >= 0.3 is 0 Å². The fourth-order valence-electron chi connectivity index (χ4n) is 0.416. The molecule has 0 aliphatic heterocycles. The van der Waals surface area contributed by atoms with Crippen LogP contribution < -0.4 is 5.32 Å². The molecule has 0 radical (unpaired) electrons. The largest absolute Gasteiger partial charge is 0.353 e. The first kappa shape index (κ1) is 8.21. The first-order valence-electron chi connectivity index (χ1n) is 3.19. The van der Waals surface area contributed by atoms with Gasteiger partial charge in [0.15, 0.2) is 0 Å². The lowest BCUT2D eigenvalue weighted by molar-refractivity contribution is -0.120. The van der Waals surface area contributed by atoms with Crippen molar-refractivity contribution in [3.8, 4) is 0 Å². The minimum absolute atomic E-state index is 0.105. The molecule has 1 N–H and O–H groups in total. The van der Waals surface area contributed by atoms with Crippen molar-refractivity contribution in [2.45, 2.75) is 20.3 Å². The standard InChI is InChI=1S/C7H13NO/c1-3-5-6-8-7(9)4-2/h3,5H,4,6H2,1-2H3,(H,8,9)/b5-3+. The highest BCUT2D eigenvalue weighted by Crippen LogP contribution is 1.74. The van der Waals surface area contributed by atoms with Gasteiger partial charge in [0.2, 0.25) is 5.91 Å². The Morgan fingerprint density at radius 1 is 1.67 bits per heavy atom. The molecule has 2 nitrogen and oxygen atoms in total. The minimum atomic E-state index is 0.105. The van der Waals surface area contributed by atoms with E-state index in [-0.39, 0.29) is 5.91 Å². The summed E-state index contributed by atoms with van der Waals surface area (Å²) < 4.78 is 0. The second kappa shape index (κ2) is 5.35. The summed E-state index contributed by atoms with van der Waals surface area (Å²) in [6.07, 6.45) is 4.39. The van der Waals surface area contributed by atoms with Gasteiger partial charge in [0.1, 0.15) is 0 Å². The van der Waals surface area contributed by atoms with Crippen molar-refractivity contribution in [2.75, 3.05) is 6.54 Å². The molecule has 0 heterocycles.